The van der Waals surface area contributed by atoms with Crippen LogP contribution in [-0.4, -0.2) is 18.5 Å². The second-order valence-corrected chi connectivity index (χ2v) is 7.32. The van der Waals surface area contributed by atoms with Gasteiger partial charge in [0, 0.05) is 4.88 Å². The van der Waals surface area contributed by atoms with Gasteiger partial charge < -0.3 is 10.6 Å². The summed E-state index contributed by atoms with van der Waals surface area (Å²) in [5.41, 5.74) is 0.0363. The van der Waals surface area contributed by atoms with E-state index in [0.717, 1.165) is 32.2 Å². The third-order valence-corrected chi connectivity index (χ3v) is 5.16. The van der Waals surface area contributed by atoms with E-state index >= 15 is 0 Å². The molecule has 0 spiro atoms. The molecule has 0 saturated carbocycles. The molecule has 1 saturated heterocycles. The van der Waals surface area contributed by atoms with Crippen LogP contribution in [0.25, 0.3) is 0 Å². The Hall–Kier alpha value is -0.870. The molecule has 2 heterocycles. The molecule has 0 aliphatic carbocycles. The van der Waals surface area contributed by atoms with Crippen molar-refractivity contribution in [1.29, 1.82) is 0 Å². The van der Waals surface area contributed by atoms with Gasteiger partial charge in [0.05, 0.1) is 12.1 Å². The Balaban J connectivity index is 2.04. The molecule has 3 nitrogen and oxygen atoms in total. The molecule has 1 aliphatic heterocycles. The second-order valence-electron chi connectivity index (χ2n) is 6.34. The van der Waals surface area contributed by atoms with Crippen molar-refractivity contribution in [2.75, 3.05) is 6.54 Å². The average molecular weight is 294 g/mol. The van der Waals surface area contributed by atoms with E-state index in [2.05, 4.69) is 48.9 Å². The van der Waals surface area contributed by atoms with Gasteiger partial charge in [0.2, 0.25) is 5.91 Å². The highest BCUT2D eigenvalue weighted by molar-refractivity contribution is 7.10. The predicted octanol–water partition coefficient (Wildman–Crippen LogP) is 3.48. The van der Waals surface area contributed by atoms with Crippen LogP contribution in [0.15, 0.2) is 17.5 Å². The summed E-state index contributed by atoms with van der Waals surface area (Å²) in [6.45, 7) is 7.47. The number of nitrogens with one attached hydrogen (secondary N) is 2. The number of carbonyl (C=O) groups is 1. The molecule has 2 unspecified atom stereocenters. The monoisotopic (exact) mass is 294 g/mol. The van der Waals surface area contributed by atoms with E-state index in [1.807, 2.05) is 0 Å². The van der Waals surface area contributed by atoms with Gasteiger partial charge in [-0.2, -0.15) is 0 Å². The molecule has 1 aromatic rings. The smallest absolute Gasteiger partial charge is 0.238 e. The molecule has 20 heavy (non-hydrogen) atoms. The lowest BCUT2D eigenvalue weighted by Crippen LogP contribution is -2.56. The van der Waals surface area contributed by atoms with E-state index in [1.54, 1.807) is 11.3 Å². The molecular weight excluding hydrogens is 268 g/mol. The largest absolute Gasteiger partial charge is 0.347 e. The molecule has 2 N–H and O–H groups in total. The summed E-state index contributed by atoms with van der Waals surface area (Å²) in [5.74, 6) is 0.154. The number of carbonyl (C=O) groups excluding carboxylic acids is 1. The van der Waals surface area contributed by atoms with E-state index in [-0.39, 0.29) is 23.4 Å². The van der Waals surface area contributed by atoms with Crippen LogP contribution in [-0.2, 0) is 4.79 Å². The molecule has 0 radical (unpaired) electrons. The Labute approximate surface area is 126 Å². The lowest BCUT2D eigenvalue weighted by molar-refractivity contribution is -0.127. The Morgan fingerprint density at radius 2 is 2.40 bits per heavy atom. The third kappa shape index (κ3) is 3.61. The van der Waals surface area contributed by atoms with Crippen molar-refractivity contribution in [3.8, 4) is 0 Å². The molecule has 2 rings (SSSR count). The van der Waals surface area contributed by atoms with Crippen LogP contribution in [0.3, 0.4) is 0 Å². The molecular formula is C16H26N2OS. The number of piperidine rings is 1. The maximum Gasteiger partial charge on any atom is 0.238 e. The molecule has 1 aliphatic rings. The van der Waals surface area contributed by atoms with Crippen molar-refractivity contribution in [2.45, 2.75) is 58.5 Å². The first kappa shape index (κ1) is 15.5. The fraction of sp³-hybridized carbons (Fsp3) is 0.688. The lowest BCUT2D eigenvalue weighted by Gasteiger charge is -2.38. The van der Waals surface area contributed by atoms with Crippen molar-refractivity contribution in [3.63, 3.8) is 0 Å². The highest BCUT2D eigenvalue weighted by atomic mass is 32.1. The zero-order valence-electron chi connectivity index (χ0n) is 12.7. The predicted molar refractivity (Wildman–Crippen MR) is 84.9 cm³/mol. The van der Waals surface area contributed by atoms with Gasteiger partial charge >= 0.3 is 0 Å². The normalized spacial score (nSPS) is 23.2. The highest BCUT2D eigenvalue weighted by Gasteiger charge is 2.37. The van der Waals surface area contributed by atoms with Gasteiger partial charge in [0.1, 0.15) is 0 Å². The number of thiophene rings is 1. The van der Waals surface area contributed by atoms with Crippen molar-refractivity contribution >= 4 is 17.2 Å². The first-order chi connectivity index (χ1) is 9.54. The molecule has 1 aromatic heterocycles. The van der Waals surface area contributed by atoms with Crippen LogP contribution in [0.1, 0.15) is 57.4 Å². The van der Waals surface area contributed by atoms with E-state index in [0.29, 0.717) is 0 Å². The maximum atomic E-state index is 12.6. The van der Waals surface area contributed by atoms with Crippen LogP contribution >= 0.6 is 11.3 Å². The number of rotatable bonds is 5. The first-order valence-electron chi connectivity index (χ1n) is 7.62. The zero-order chi connectivity index (χ0) is 14.6. The van der Waals surface area contributed by atoms with Crippen molar-refractivity contribution in [2.24, 2.45) is 5.41 Å². The SMILES string of the molecule is CCCC(NC(=O)C1NCCCC1(C)C)c1cccs1. The zero-order valence-corrected chi connectivity index (χ0v) is 13.6. The molecule has 4 heteroatoms. The van der Waals surface area contributed by atoms with Gasteiger partial charge in [-0.3, -0.25) is 4.79 Å². The lowest BCUT2D eigenvalue weighted by atomic mass is 9.77. The summed E-state index contributed by atoms with van der Waals surface area (Å²) in [7, 11) is 0. The average Bonchev–Trinajstić information content (AvgIpc) is 2.91. The standard InChI is InChI=1S/C16H26N2OS/c1-4-7-12(13-8-5-11-20-13)18-15(19)14-16(2,3)9-6-10-17-14/h5,8,11-12,14,17H,4,6-7,9-10H2,1-3H3,(H,18,19). The van der Waals surface area contributed by atoms with Gasteiger partial charge in [-0.15, -0.1) is 11.3 Å². The summed E-state index contributed by atoms with van der Waals surface area (Å²) < 4.78 is 0. The van der Waals surface area contributed by atoms with E-state index in [4.69, 9.17) is 0 Å². The van der Waals surface area contributed by atoms with Gasteiger partial charge in [-0.05, 0) is 42.7 Å². The van der Waals surface area contributed by atoms with Crippen LogP contribution in [0.5, 0.6) is 0 Å². The minimum atomic E-state index is -0.0735. The number of hydrogen-bond donors (Lipinski definition) is 2. The van der Waals surface area contributed by atoms with Crippen LogP contribution < -0.4 is 10.6 Å². The third-order valence-electron chi connectivity index (χ3n) is 4.17. The van der Waals surface area contributed by atoms with E-state index in [1.165, 1.54) is 4.88 Å². The van der Waals surface area contributed by atoms with E-state index < -0.39 is 0 Å². The molecule has 2 atom stereocenters. The molecule has 0 aromatic carbocycles. The highest BCUT2D eigenvalue weighted by Crippen LogP contribution is 2.31. The Morgan fingerprint density at radius 1 is 1.60 bits per heavy atom. The molecule has 0 bridgehead atoms. The molecule has 1 fully saturated rings. The minimum Gasteiger partial charge on any atom is -0.347 e. The Bertz CT molecular complexity index is 428. The fourth-order valence-corrected chi connectivity index (χ4v) is 3.79. The second kappa shape index (κ2) is 6.72. The van der Waals surface area contributed by atoms with Crippen LogP contribution in [0, 0.1) is 5.41 Å². The van der Waals surface area contributed by atoms with Crippen molar-refractivity contribution in [3.05, 3.63) is 22.4 Å². The molecule has 112 valence electrons. The summed E-state index contributed by atoms with van der Waals surface area (Å²) in [4.78, 5) is 13.9. The topological polar surface area (TPSA) is 41.1 Å². The van der Waals surface area contributed by atoms with Gasteiger partial charge in [0.25, 0.3) is 0 Å². The first-order valence-corrected chi connectivity index (χ1v) is 8.49. The van der Waals surface area contributed by atoms with Crippen molar-refractivity contribution in [1.82, 2.24) is 10.6 Å². The van der Waals surface area contributed by atoms with E-state index in [9.17, 15) is 4.79 Å². The Kier molecular flexibility index (Phi) is 5.22. The van der Waals surface area contributed by atoms with Gasteiger partial charge in [-0.25, -0.2) is 0 Å². The number of amides is 1. The summed E-state index contributed by atoms with van der Waals surface area (Å²) >= 11 is 1.72. The van der Waals surface area contributed by atoms with Gasteiger partial charge in [-0.1, -0.05) is 33.3 Å². The number of hydrogen-bond acceptors (Lipinski definition) is 3. The van der Waals surface area contributed by atoms with Crippen molar-refractivity contribution < 1.29 is 4.79 Å². The van der Waals surface area contributed by atoms with Crippen LogP contribution in [0.4, 0.5) is 0 Å². The van der Waals surface area contributed by atoms with Crippen LogP contribution in [0.2, 0.25) is 0 Å². The quantitative estimate of drug-likeness (QED) is 0.873. The van der Waals surface area contributed by atoms with Gasteiger partial charge in [0.15, 0.2) is 0 Å². The summed E-state index contributed by atoms with van der Waals surface area (Å²) in [6.07, 6.45) is 4.33. The Morgan fingerprint density at radius 3 is 3.00 bits per heavy atom. The maximum absolute atomic E-state index is 12.6. The summed E-state index contributed by atoms with van der Waals surface area (Å²) in [6, 6.07) is 4.25. The summed E-state index contributed by atoms with van der Waals surface area (Å²) in [5, 5.41) is 8.72. The fourth-order valence-electron chi connectivity index (χ4n) is 2.98. The minimum absolute atomic E-state index is 0.0363. The molecule has 1 amide bonds.